The first kappa shape index (κ1) is 19.5. The number of carboxylic acids is 1. The first-order valence-corrected chi connectivity index (χ1v) is 8.94. The van der Waals surface area contributed by atoms with Crippen molar-refractivity contribution in [1.82, 2.24) is 5.32 Å². The van der Waals surface area contributed by atoms with Gasteiger partial charge in [0.1, 0.15) is 11.2 Å². The van der Waals surface area contributed by atoms with Gasteiger partial charge in [-0.1, -0.05) is 42.5 Å². The second kappa shape index (κ2) is 7.80. The van der Waals surface area contributed by atoms with Crippen LogP contribution in [0, 0.1) is 11.7 Å². The number of carboxylic acid groups (broad SMARTS) is 1. The predicted molar refractivity (Wildman–Crippen MR) is 101 cm³/mol. The van der Waals surface area contributed by atoms with E-state index in [2.05, 4.69) is 5.32 Å². The molecule has 28 heavy (non-hydrogen) atoms. The Bertz CT molecular complexity index is 902. The molecule has 2 N–H and O–H groups in total. The maximum absolute atomic E-state index is 14.0. The lowest BCUT2D eigenvalue weighted by Crippen LogP contribution is -2.46. The summed E-state index contributed by atoms with van der Waals surface area (Å²) in [6.45, 7) is 1.48. The number of benzene rings is 2. The van der Waals surface area contributed by atoms with Crippen LogP contribution < -0.4 is 10.2 Å². The van der Waals surface area contributed by atoms with Gasteiger partial charge in [-0.15, -0.1) is 0 Å². The van der Waals surface area contributed by atoms with Crippen molar-refractivity contribution in [2.24, 2.45) is 5.92 Å². The zero-order chi connectivity index (χ0) is 20.3. The second-order valence-electron chi connectivity index (χ2n) is 7.08. The van der Waals surface area contributed by atoms with E-state index in [-0.39, 0.29) is 31.1 Å². The van der Waals surface area contributed by atoms with Crippen molar-refractivity contribution in [3.8, 4) is 0 Å². The van der Waals surface area contributed by atoms with Gasteiger partial charge < -0.3 is 15.3 Å². The van der Waals surface area contributed by atoms with E-state index in [9.17, 15) is 23.9 Å². The number of rotatable bonds is 6. The molecule has 3 rings (SSSR count). The Labute approximate surface area is 162 Å². The Hall–Kier alpha value is -3.22. The highest BCUT2D eigenvalue weighted by Crippen LogP contribution is 2.28. The molecule has 0 radical (unpaired) electrons. The topological polar surface area (TPSA) is 86.7 Å². The zero-order valence-electron chi connectivity index (χ0n) is 15.4. The molecule has 2 aromatic carbocycles. The predicted octanol–water partition coefficient (Wildman–Crippen LogP) is 2.34. The monoisotopic (exact) mass is 384 g/mol. The Kier molecular flexibility index (Phi) is 5.44. The number of carbonyl (C=O) groups is 3. The van der Waals surface area contributed by atoms with E-state index >= 15 is 0 Å². The van der Waals surface area contributed by atoms with Gasteiger partial charge in [-0.2, -0.15) is 0 Å². The van der Waals surface area contributed by atoms with E-state index in [1.807, 2.05) is 0 Å². The number of para-hydroxylation sites is 1. The van der Waals surface area contributed by atoms with Crippen molar-refractivity contribution in [3.63, 3.8) is 0 Å². The van der Waals surface area contributed by atoms with Crippen LogP contribution in [-0.4, -0.2) is 36.0 Å². The molecule has 1 heterocycles. The molecule has 2 aromatic rings. The molecule has 0 aliphatic carbocycles. The number of nitrogens with zero attached hydrogens (tertiary/aromatic N) is 1. The van der Waals surface area contributed by atoms with E-state index in [0.29, 0.717) is 5.56 Å². The van der Waals surface area contributed by atoms with Gasteiger partial charge in [0.2, 0.25) is 11.8 Å². The summed E-state index contributed by atoms with van der Waals surface area (Å²) >= 11 is 0. The van der Waals surface area contributed by atoms with Crippen molar-refractivity contribution in [1.29, 1.82) is 0 Å². The fourth-order valence-electron chi connectivity index (χ4n) is 3.30. The fraction of sp³-hybridized carbons (Fsp3) is 0.286. The summed E-state index contributed by atoms with van der Waals surface area (Å²) in [5.41, 5.74) is -0.592. The molecule has 1 saturated heterocycles. The van der Waals surface area contributed by atoms with Crippen molar-refractivity contribution in [2.75, 3.05) is 18.0 Å². The number of anilines is 1. The molecule has 1 aliphatic rings. The standard InChI is InChI=1S/C21H21FN2O4/c1-21(20(27)28,15-7-3-2-4-8-15)13-23-19(26)14-11-18(25)24(12-14)17-10-6-5-9-16(17)22/h2-10,14H,11-13H2,1H3,(H,23,26)(H,27,28). The third-order valence-electron chi connectivity index (χ3n) is 5.14. The van der Waals surface area contributed by atoms with Gasteiger partial charge >= 0.3 is 5.97 Å². The number of carbonyl (C=O) groups excluding carboxylic acids is 2. The van der Waals surface area contributed by atoms with Gasteiger partial charge in [-0.05, 0) is 24.6 Å². The number of hydrogen-bond donors (Lipinski definition) is 2. The molecule has 6 nitrogen and oxygen atoms in total. The molecule has 0 spiro atoms. The minimum atomic E-state index is -1.30. The summed E-state index contributed by atoms with van der Waals surface area (Å²) < 4.78 is 14.0. The summed E-state index contributed by atoms with van der Waals surface area (Å²) in [6.07, 6.45) is -0.0463. The largest absolute Gasteiger partial charge is 0.481 e. The van der Waals surface area contributed by atoms with Crippen molar-refractivity contribution >= 4 is 23.5 Å². The van der Waals surface area contributed by atoms with Gasteiger partial charge in [0, 0.05) is 19.5 Å². The average molecular weight is 384 g/mol. The van der Waals surface area contributed by atoms with Crippen LogP contribution in [0.2, 0.25) is 0 Å². The van der Waals surface area contributed by atoms with Crippen LogP contribution in [0.4, 0.5) is 10.1 Å². The number of hydrogen-bond acceptors (Lipinski definition) is 3. The summed E-state index contributed by atoms with van der Waals surface area (Å²) in [7, 11) is 0. The summed E-state index contributed by atoms with van der Waals surface area (Å²) in [5, 5.41) is 12.3. The molecule has 2 amide bonds. The molecule has 7 heteroatoms. The van der Waals surface area contributed by atoms with Gasteiger partial charge in [0.25, 0.3) is 0 Å². The molecule has 0 saturated carbocycles. The van der Waals surface area contributed by atoms with Gasteiger partial charge in [-0.25, -0.2) is 4.39 Å². The summed E-state index contributed by atoms with van der Waals surface area (Å²) in [4.78, 5) is 37.9. The summed E-state index contributed by atoms with van der Waals surface area (Å²) in [5.74, 6) is -3.01. The van der Waals surface area contributed by atoms with E-state index in [1.165, 1.54) is 30.0 Å². The van der Waals surface area contributed by atoms with E-state index in [1.54, 1.807) is 36.4 Å². The third-order valence-corrected chi connectivity index (χ3v) is 5.14. The number of halogens is 1. The van der Waals surface area contributed by atoms with Crippen LogP contribution in [0.5, 0.6) is 0 Å². The summed E-state index contributed by atoms with van der Waals surface area (Å²) in [6, 6.07) is 14.5. The maximum atomic E-state index is 14.0. The highest BCUT2D eigenvalue weighted by atomic mass is 19.1. The molecule has 0 aromatic heterocycles. The van der Waals surface area contributed by atoms with Crippen LogP contribution in [0.15, 0.2) is 54.6 Å². The second-order valence-corrected chi connectivity index (χ2v) is 7.08. The van der Waals surface area contributed by atoms with Crippen molar-refractivity contribution < 1.29 is 23.9 Å². The minimum absolute atomic E-state index is 0.0463. The minimum Gasteiger partial charge on any atom is -0.481 e. The quantitative estimate of drug-likeness (QED) is 0.800. The average Bonchev–Trinajstić information content (AvgIpc) is 3.08. The lowest BCUT2D eigenvalue weighted by atomic mass is 9.82. The van der Waals surface area contributed by atoms with Crippen molar-refractivity contribution in [3.05, 3.63) is 66.0 Å². The first-order valence-electron chi connectivity index (χ1n) is 8.94. The highest BCUT2D eigenvalue weighted by Gasteiger charge is 2.39. The molecule has 0 bridgehead atoms. The van der Waals surface area contributed by atoms with Gasteiger partial charge in [-0.3, -0.25) is 14.4 Å². The smallest absolute Gasteiger partial charge is 0.315 e. The normalized spacial score (nSPS) is 18.6. The van der Waals surface area contributed by atoms with Crippen LogP contribution in [0.25, 0.3) is 0 Å². The van der Waals surface area contributed by atoms with E-state index < -0.39 is 29.0 Å². The van der Waals surface area contributed by atoms with E-state index in [0.717, 1.165) is 0 Å². The number of aliphatic carboxylic acids is 1. The molecule has 1 aliphatic heterocycles. The lowest BCUT2D eigenvalue weighted by Gasteiger charge is -2.26. The molecule has 1 fully saturated rings. The molecule has 2 atom stereocenters. The Morgan fingerprint density at radius 2 is 1.82 bits per heavy atom. The fourth-order valence-corrected chi connectivity index (χ4v) is 3.30. The maximum Gasteiger partial charge on any atom is 0.315 e. The SMILES string of the molecule is CC(CNC(=O)C1CC(=O)N(c2ccccc2F)C1)(C(=O)O)c1ccccc1. The Morgan fingerprint density at radius 1 is 1.18 bits per heavy atom. The van der Waals surface area contributed by atoms with Crippen LogP contribution in [-0.2, 0) is 19.8 Å². The highest BCUT2D eigenvalue weighted by molar-refractivity contribution is 6.00. The van der Waals surface area contributed by atoms with Crippen LogP contribution in [0.1, 0.15) is 18.9 Å². The Balaban J connectivity index is 1.69. The first-order chi connectivity index (χ1) is 13.3. The van der Waals surface area contributed by atoms with E-state index in [4.69, 9.17) is 0 Å². The molecular formula is C21H21FN2O4. The van der Waals surface area contributed by atoms with Crippen LogP contribution >= 0.6 is 0 Å². The third kappa shape index (κ3) is 3.74. The molecule has 146 valence electrons. The number of amides is 2. The van der Waals surface area contributed by atoms with Crippen molar-refractivity contribution in [2.45, 2.75) is 18.8 Å². The molecular weight excluding hydrogens is 363 g/mol. The van der Waals surface area contributed by atoms with Crippen LogP contribution in [0.3, 0.4) is 0 Å². The Morgan fingerprint density at radius 3 is 2.46 bits per heavy atom. The van der Waals surface area contributed by atoms with Gasteiger partial charge in [0.05, 0.1) is 11.6 Å². The lowest BCUT2D eigenvalue weighted by molar-refractivity contribution is -0.143. The number of nitrogens with one attached hydrogen (secondary N) is 1. The zero-order valence-corrected chi connectivity index (χ0v) is 15.4. The molecule has 2 unspecified atom stereocenters. The van der Waals surface area contributed by atoms with Gasteiger partial charge in [0.15, 0.2) is 0 Å².